The smallest absolute Gasteiger partial charge is 0.328 e. The monoisotopic (exact) mass is 296 g/mol. The van der Waals surface area contributed by atoms with Crippen LogP contribution in [0.15, 0.2) is 18.2 Å². The van der Waals surface area contributed by atoms with Crippen LogP contribution < -0.4 is 10.6 Å². The number of hydrogen-bond acceptors (Lipinski definition) is 3. The summed E-state index contributed by atoms with van der Waals surface area (Å²) in [5.74, 6) is -2.69. The van der Waals surface area contributed by atoms with Crippen molar-refractivity contribution in [2.45, 2.75) is 19.9 Å². The molecular weight excluding hydrogens is 279 g/mol. The second-order valence-corrected chi connectivity index (χ2v) is 4.59. The van der Waals surface area contributed by atoms with Crippen LogP contribution in [-0.2, 0) is 9.59 Å². The maximum atomic E-state index is 12.3. The third-order valence-corrected chi connectivity index (χ3v) is 2.97. The molecule has 7 heteroatoms. The van der Waals surface area contributed by atoms with Crippen LogP contribution in [0.5, 0.6) is 0 Å². The summed E-state index contributed by atoms with van der Waals surface area (Å²) in [4.78, 5) is 33.8. The van der Waals surface area contributed by atoms with Gasteiger partial charge in [-0.25, -0.2) is 9.18 Å². The Morgan fingerprint density at radius 3 is 2.43 bits per heavy atom. The highest BCUT2D eigenvalue weighted by Gasteiger charge is 2.19. The summed E-state index contributed by atoms with van der Waals surface area (Å²) in [5.41, 5.74) is 2.37. The topological polar surface area (TPSA) is 95.5 Å². The molecule has 2 amide bonds. The number of carbonyl (C=O) groups is 3. The van der Waals surface area contributed by atoms with Gasteiger partial charge in [0.15, 0.2) is 6.04 Å². The lowest BCUT2D eigenvalue weighted by atomic mass is 10.1. The molecule has 114 valence electrons. The minimum Gasteiger partial charge on any atom is -0.480 e. The molecule has 1 rings (SSSR count). The fourth-order valence-electron chi connectivity index (χ4n) is 1.56. The molecule has 0 bridgehead atoms. The van der Waals surface area contributed by atoms with Crippen molar-refractivity contribution in [2.24, 2.45) is 0 Å². The molecule has 0 fully saturated rings. The molecule has 0 aliphatic rings. The van der Waals surface area contributed by atoms with Crippen molar-refractivity contribution in [2.75, 3.05) is 13.2 Å². The lowest BCUT2D eigenvalue weighted by molar-refractivity contribution is -0.142. The zero-order chi connectivity index (χ0) is 16.0. The van der Waals surface area contributed by atoms with Crippen LogP contribution in [0.25, 0.3) is 0 Å². The summed E-state index contributed by atoms with van der Waals surface area (Å²) in [6, 6.07) is 3.49. The average molecular weight is 296 g/mol. The Balaban J connectivity index is 2.54. The van der Waals surface area contributed by atoms with Crippen molar-refractivity contribution in [1.29, 1.82) is 0 Å². The van der Waals surface area contributed by atoms with Gasteiger partial charge in [-0.05, 0) is 37.1 Å². The normalized spacial score (nSPS) is 11.6. The molecule has 0 aliphatic heterocycles. The molecule has 1 unspecified atom stereocenters. The highest BCUT2D eigenvalue weighted by Crippen LogP contribution is 2.09. The molecule has 0 saturated carbocycles. The van der Waals surface area contributed by atoms with Crippen molar-refractivity contribution >= 4 is 17.8 Å². The van der Waals surface area contributed by atoms with Crippen molar-refractivity contribution in [1.82, 2.24) is 10.6 Å². The summed E-state index contributed by atoms with van der Waals surface area (Å²) in [6.45, 7) is 2.13. The lowest BCUT2D eigenvalue weighted by Crippen LogP contribution is -2.46. The Bertz CT molecular complexity index is 560. The molecule has 21 heavy (non-hydrogen) atoms. The van der Waals surface area contributed by atoms with Crippen molar-refractivity contribution in [3.63, 3.8) is 0 Å². The van der Waals surface area contributed by atoms with Gasteiger partial charge in [0.2, 0.25) is 5.91 Å². The van der Waals surface area contributed by atoms with E-state index in [1.807, 2.05) is 19.2 Å². The second kappa shape index (κ2) is 7.37. The first kappa shape index (κ1) is 16.6. The molecule has 0 aromatic heterocycles. The SMILES string of the molecule is Cc1ccc(C(=O)NCC(=O)NC(CF)C(=O)O)cc1C. The van der Waals surface area contributed by atoms with Crippen LogP contribution in [0.4, 0.5) is 4.39 Å². The van der Waals surface area contributed by atoms with Gasteiger partial charge in [0.1, 0.15) is 6.67 Å². The van der Waals surface area contributed by atoms with E-state index in [-0.39, 0.29) is 0 Å². The molecule has 3 N–H and O–H groups in total. The number of alkyl halides is 1. The van der Waals surface area contributed by atoms with Gasteiger partial charge in [-0.2, -0.15) is 0 Å². The van der Waals surface area contributed by atoms with Gasteiger partial charge >= 0.3 is 5.97 Å². The van der Waals surface area contributed by atoms with E-state index in [1.54, 1.807) is 18.2 Å². The number of aryl methyl sites for hydroxylation is 2. The molecule has 1 aromatic rings. The van der Waals surface area contributed by atoms with Gasteiger partial charge in [0.05, 0.1) is 6.54 Å². The van der Waals surface area contributed by atoms with Gasteiger partial charge in [0, 0.05) is 5.56 Å². The van der Waals surface area contributed by atoms with E-state index < -0.39 is 37.0 Å². The van der Waals surface area contributed by atoms with E-state index in [0.29, 0.717) is 5.56 Å². The number of benzene rings is 1. The molecular formula is C14H17FN2O4. The number of carboxylic acid groups (broad SMARTS) is 1. The van der Waals surface area contributed by atoms with E-state index in [1.165, 1.54) is 0 Å². The Morgan fingerprint density at radius 1 is 1.24 bits per heavy atom. The van der Waals surface area contributed by atoms with Gasteiger partial charge < -0.3 is 15.7 Å². The first-order valence-electron chi connectivity index (χ1n) is 6.28. The fourth-order valence-corrected chi connectivity index (χ4v) is 1.56. The number of halogens is 1. The van der Waals surface area contributed by atoms with Crippen LogP contribution in [-0.4, -0.2) is 42.2 Å². The van der Waals surface area contributed by atoms with Crippen LogP contribution >= 0.6 is 0 Å². The fraction of sp³-hybridized carbons (Fsp3) is 0.357. The number of amides is 2. The van der Waals surface area contributed by atoms with Crippen LogP contribution in [0.1, 0.15) is 21.5 Å². The number of hydrogen-bond donors (Lipinski definition) is 3. The number of rotatable bonds is 6. The standard InChI is InChI=1S/C14H17FN2O4/c1-8-3-4-10(5-9(8)2)13(19)16-7-12(18)17-11(6-15)14(20)21/h3-5,11H,6-7H2,1-2H3,(H,16,19)(H,17,18)(H,20,21). The quantitative estimate of drug-likeness (QED) is 0.715. The Hall–Kier alpha value is -2.44. The zero-order valence-corrected chi connectivity index (χ0v) is 11.8. The van der Waals surface area contributed by atoms with Gasteiger partial charge in [-0.3, -0.25) is 9.59 Å². The first-order chi connectivity index (χ1) is 9.85. The molecule has 6 nitrogen and oxygen atoms in total. The highest BCUT2D eigenvalue weighted by atomic mass is 19.1. The predicted molar refractivity (Wildman–Crippen MR) is 73.8 cm³/mol. The van der Waals surface area contributed by atoms with E-state index in [0.717, 1.165) is 11.1 Å². The zero-order valence-electron chi connectivity index (χ0n) is 11.8. The molecule has 0 heterocycles. The summed E-state index contributed by atoms with van der Waals surface area (Å²) in [7, 11) is 0. The molecule has 0 aliphatic carbocycles. The summed E-state index contributed by atoms with van der Waals surface area (Å²) < 4.78 is 12.3. The minimum absolute atomic E-state index is 0.395. The minimum atomic E-state index is -1.60. The highest BCUT2D eigenvalue weighted by molar-refractivity contribution is 5.97. The first-order valence-corrected chi connectivity index (χ1v) is 6.28. The number of carboxylic acids is 1. The maximum absolute atomic E-state index is 12.3. The van der Waals surface area contributed by atoms with E-state index in [4.69, 9.17) is 5.11 Å². The number of nitrogens with one attached hydrogen (secondary N) is 2. The Kier molecular flexibility index (Phi) is 5.83. The van der Waals surface area contributed by atoms with Crippen molar-refractivity contribution < 1.29 is 23.9 Å². The summed E-state index contributed by atoms with van der Waals surface area (Å²) in [6.07, 6.45) is 0. The van der Waals surface area contributed by atoms with Crippen LogP contribution in [0, 0.1) is 13.8 Å². The molecule has 0 spiro atoms. The maximum Gasteiger partial charge on any atom is 0.328 e. The number of aliphatic carboxylic acids is 1. The van der Waals surface area contributed by atoms with Gasteiger partial charge in [-0.1, -0.05) is 6.07 Å². The third kappa shape index (κ3) is 4.87. The second-order valence-electron chi connectivity index (χ2n) is 4.59. The molecule has 0 saturated heterocycles. The Morgan fingerprint density at radius 2 is 1.90 bits per heavy atom. The summed E-state index contributed by atoms with van der Waals surface area (Å²) in [5, 5.41) is 12.9. The lowest BCUT2D eigenvalue weighted by Gasteiger charge is -2.11. The summed E-state index contributed by atoms with van der Waals surface area (Å²) >= 11 is 0. The average Bonchev–Trinajstić information content (AvgIpc) is 2.44. The van der Waals surface area contributed by atoms with E-state index >= 15 is 0 Å². The molecule has 1 aromatic carbocycles. The van der Waals surface area contributed by atoms with E-state index in [2.05, 4.69) is 5.32 Å². The predicted octanol–water partition coefficient (Wildman–Crippen LogP) is 0.572. The van der Waals surface area contributed by atoms with E-state index in [9.17, 15) is 18.8 Å². The molecule has 0 radical (unpaired) electrons. The van der Waals surface area contributed by atoms with Crippen molar-refractivity contribution in [3.05, 3.63) is 34.9 Å². The Labute approximate surface area is 121 Å². The van der Waals surface area contributed by atoms with Crippen molar-refractivity contribution in [3.8, 4) is 0 Å². The number of carbonyl (C=O) groups excluding carboxylic acids is 2. The largest absolute Gasteiger partial charge is 0.480 e. The van der Waals surface area contributed by atoms with Crippen LogP contribution in [0.2, 0.25) is 0 Å². The van der Waals surface area contributed by atoms with Crippen LogP contribution in [0.3, 0.4) is 0 Å². The van der Waals surface area contributed by atoms with Gasteiger partial charge in [0.25, 0.3) is 5.91 Å². The third-order valence-electron chi connectivity index (χ3n) is 2.97. The molecule has 1 atom stereocenters. The van der Waals surface area contributed by atoms with Gasteiger partial charge in [-0.15, -0.1) is 0 Å².